The van der Waals surface area contributed by atoms with E-state index >= 15 is 0 Å². The molecule has 0 aromatic heterocycles. The normalized spacial score (nSPS) is 12.3. The molecule has 0 radical (unpaired) electrons. The third-order valence-electron chi connectivity index (χ3n) is 2.22. The number of primary sulfonamides is 1. The van der Waals surface area contributed by atoms with Crippen molar-refractivity contribution in [1.82, 2.24) is 5.32 Å². The van der Waals surface area contributed by atoms with Crippen molar-refractivity contribution < 1.29 is 30.8 Å². The summed E-state index contributed by atoms with van der Waals surface area (Å²) in [7, 11) is -4.00. The predicted molar refractivity (Wildman–Crippen MR) is 65.8 cm³/mol. The molecule has 0 aliphatic carbocycles. The van der Waals surface area contributed by atoms with E-state index in [1.54, 1.807) is 5.32 Å². The maximum absolute atomic E-state index is 12.6. The first-order valence-corrected chi connectivity index (χ1v) is 6.91. The number of benzene rings is 1. The average Bonchev–Trinajstić information content (AvgIpc) is 2.35. The highest BCUT2D eigenvalue weighted by molar-refractivity contribution is 7.89. The van der Waals surface area contributed by atoms with E-state index in [2.05, 4.69) is 0 Å². The van der Waals surface area contributed by atoms with Gasteiger partial charge in [0.2, 0.25) is 10.0 Å². The minimum Gasteiger partial charge on any atom is -0.332 e. The summed E-state index contributed by atoms with van der Waals surface area (Å²) >= 11 is 0. The summed E-state index contributed by atoms with van der Waals surface area (Å²) < 4.78 is 71.0. The van der Waals surface area contributed by atoms with Crippen molar-refractivity contribution in [2.24, 2.45) is 5.14 Å². The Morgan fingerprint density at radius 3 is 2.48 bits per heavy atom. The third kappa shape index (κ3) is 5.19. The van der Waals surface area contributed by atoms with Gasteiger partial charge < -0.3 is 10.6 Å². The fourth-order valence-corrected chi connectivity index (χ4v) is 1.76. The second-order valence-corrected chi connectivity index (χ2v) is 5.50. The minimum absolute atomic E-state index is 0.0561. The largest absolute Gasteiger partial charge is 0.332 e. The maximum Gasteiger partial charge on any atom is 0.324 e. The number of alkyl halides is 4. The first-order chi connectivity index (χ1) is 9.52. The van der Waals surface area contributed by atoms with E-state index in [9.17, 15) is 30.8 Å². The van der Waals surface area contributed by atoms with E-state index in [4.69, 9.17) is 5.14 Å². The first-order valence-electron chi connectivity index (χ1n) is 5.36. The topological polar surface area (TPSA) is 101 Å². The average molecular weight is 329 g/mol. The van der Waals surface area contributed by atoms with Crippen LogP contribution in [0.15, 0.2) is 29.2 Å². The van der Waals surface area contributed by atoms with Gasteiger partial charge in [-0.05, 0) is 18.2 Å². The lowest BCUT2D eigenvalue weighted by Crippen LogP contribution is -2.42. The number of halogens is 4. The van der Waals surface area contributed by atoms with E-state index in [0.717, 1.165) is 12.1 Å². The van der Waals surface area contributed by atoms with Crippen LogP contribution in [0.3, 0.4) is 0 Å². The summed E-state index contributed by atoms with van der Waals surface area (Å²) in [6.07, 6.45) is -3.91. The van der Waals surface area contributed by atoms with Gasteiger partial charge in [0, 0.05) is 5.69 Å². The Morgan fingerprint density at radius 1 is 1.33 bits per heavy atom. The van der Waals surface area contributed by atoms with Crippen LogP contribution < -0.4 is 15.8 Å². The molecule has 1 aromatic rings. The van der Waals surface area contributed by atoms with E-state index in [1.807, 2.05) is 5.32 Å². The van der Waals surface area contributed by atoms with Crippen molar-refractivity contribution >= 4 is 21.7 Å². The number of amides is 2. The molecular formula is C10H11F4N3O3S. The molecule has 0 spiro atoms. The highest BCUT2D eigenvalue weighted by atomic mass is 32.2. The predicted octanol–water partition coefficient (Wildman–Crippen LogP) is 1.36. The number of carbonyl (C=O) groups is 1. The second-order valence-electron chi connectivity index (χ2n) is 3.94. The zero-order valence-corrected chi connectivity index (χ0v) is 11.1. The van der Waals surface area contributed by atoms with Gasteiger partial charge in [0.25, 0.3) is 0 Å². The second kappa shape index (κ2) is 6.26. The molecule has 0 aliphatic rings. The third-order valence-corrected chi connectivity index (χ3v) is 3.14. The van der Waals surface area contributed by atoms with Crippen molar-refractivity contribution in [2.75, 3.05) is 11.9 Å². The summed E-state index contributed by atoms with van der Waals surface area (Å²) in [5, 5.41) is 8.43. The van der Waals surface area contributed by atoms with Gasteiger partial charge in [0.15, 0.2) is 0 Å². The van der Waals surface area contributed by atoms with Crippen LogP contribution >= 0.6 is 0 Å². The number of hydrogen-bond donors (Lipinski definition) is 3. The molecule has 4 N–H and O–H groups in total. The standard InChI is InChI=1S/C10H11F4N3O3S/c11-8(12)10(13,14)5-16-9(18)17-6-2-1-3-7(4-6)21(15,19)20/h1-4,8H,5H2,(H2,15,19,20)(H2,16,17,18). The van der Waals surface area contributed by atoms with E-state index in [0.29, 0.717) is 0 Å². The van der Waals surface area contributed by atoms with Crippen molar-refractivity contribution in [2.45, 2.75) is 17.2 Å². The van der Waals surface area contributed by atoms with Gasteiger partial charge in [-0.25, -0.2) is 27.1 Å². The van der Waals surface area contributed by atoms with E-state index in [-0.39, 0.29) is 10.6 Å². The summed E-state index contributed by atoms with van der Waals surface area (Å²) in [5.41, 5.74) is -0.0561. The molecule has 6 nitrogen and oxygen atoms in total. The molecule has 118 valence electrons. The van der Waals surface area contributed by atoms with Gasteiger partial charge in [-0.3, -0.25) is 0 Å². The molecular weight excluding hydrogens is 318 g/mol. The number of carbonyl (C=O) groups excluding carboxylic acids is 1. The van der Waals surface area contributed by atoms with Crippen LogP contribution in [-0.4, -0.2) is 33.3 Å². The van der Waals surface area contributed by atoms with Gasteiger partial charge in [0.05, 0.1) is 11.4 Å². The highest BCUT2D eigenvalue weighted by Gasteiger charge is 2.40. The monoisotopic (exact) mass is 329 g/mol. The Kier molecular flexibility index (Phi) is 5.12. The SMILES string of the molecule is NS(=O)(=O)c1cccc(NC(=O)NCC(F)(F)C(F)F)c1. The van der Waals surface area contributed by atoms with Crippen LogP contribution in [0.2, 0.25) is 0 Å². The van der Waals surface area contributed by atoms with Crippen LogP contribution in [0.1, 0.15) is 0 Å². The molecule has 0 unspecified atom stereocenters. The van der Waals surface area contributed by atoms with Crippen LogP contribution in [0.25, 0.3) is 0 Å². The Labute approximate surface area is 117 Å². The van der Waals surface area contributed by atoms with Crippen LogP contribution in [0.5, 0.6) is 0 Å². The first kappa shape index (κ1) is 17.2. The molecule has 0 fully saturated rings. The molecule has 1 aromatic carbocycles. The van der Waals surface area contributed by atoms with Gasteiger partial charge >= 0.3 is 18.4 Å². The van der Waals surface area contributed by atoms with Crippen LogP contribution in [0.4, 0.5) is 28.0 Å². The number of hydrogen-bond acceptors (Lipinski definition) is 3. The van der Waals surface area contributed by atoms with Crippen molar-refractivity contribution in [3.8, 4) is 0 Å². The number of rotatable bonds is 5. The molecule has 1 rings (SSSR count). The van der Waals surface area contributed by atoms with Crippen molar-refractivity contribution in [1.29, 1.82) is 0 Å². The number of sulfonamides is 1. The molecule has 0 saturated carbocycles. The lowest BCUT2D eigenvalue weighted by Gasteiger charge is -2.16. The summed E-state index contributed by atoms with van der Waals surface area (Å²) in [4.78, 5) is 11.0. The quantitative estimate of drug-likeness (QED) is 0.711. The molecule has 0 atom stereocenters. The Bertz CT molecular complexity index is 622. The highest BCUT2D eigenvalue weighted by Crippen LogP contribution is 2.21. The van der Waals surface area contributed by atoms with Gasteiger partial charge in [-0.15, -0.1) is 0 Å². The molecule has 11 heteroatoms. The number of urea groups is 1. The Hall–Kier alpha value is -1.88. The minimum atomic E-state index is -4.36. The van der Waals surface area contributed by atoms with Crippen LogP contribution in [0, 0.1) is 0 Å². The molecule has 0 heterocycles. The zero-order valence-electron chi connectivity index (χ0n) is 10.3. The number of nitrogens with two attached hydrogens (primary N) is 1. The van der Waals surface area contributed by atoms with Gasteiger partial charge in [0.1, 0.15) is 0 Å². The molecule has 0 saturated heterocycles. The van der Waals surface area contributed by atoms with Crippen LogP contribution in [-0.2, 0) is 10.0 Å². The molecule has 0 bridgehead atoms. The zero-order chi connectivity index (χ0) is 16.3. The summed E-state index contributed by atoms with van der Waals surface area (Å²) in [6.45, 7) is -1.56. The number of anilines is 1. The lowest BCUT2D eigenvalue weighted by atomic mass is 10.3. The Balaban J connectivity index is 2.68. The fourth-order valence-electron chi connectivity index (χ4n) is 1.20. The Morgan fingerprint density at radius 2 is 1.95 bits per heavy atom. The smallest absolute Gasteiger partial charge is 0.324 e. The summed E-state index contributed by atoms with van der Waals surface area (Å²) in [6, 6.07) is 3.47. The summed E-state index contributed by atoms with van der Waals surface area (Å²) in [5.74, 6) is -4.36. The number of nitrogens with one attached hydrogen (secondary N) is 2. The maximum atomic E-state index is 12.6. The lowest BCUT2D eigenvalue weighted by molar-refractivity contribution is -0.123. The molecule has 21 heavy (non-hydrogen) atoms. The van der Waals surface area contributed by atoms with Crippen molar-refractivity contribution in [3.63, 3.8) is 0 Å². The fraction of sp³-hybridized carbons (Fsp3) is 0.300. The van der Waals surface area contributed by atoms with Gasteiger partial charge in [-0.2, -0.15) is 8.78 Å². The molecule has 2 amide bonds. The molecule has 0 aliphatic heterocycles. The van der Waals surface area contributed by atoms with Crippen molar-refractivity contribution in [3.05, 3.63) is 24.3 Å². The van der Waals surface area contributed by atoms with E-state index < -0.39 is 34.9 Å². The van der Waals surface area contributed by atoms with E-state index in [1.165, 1.54) is 12.1 Å². The van der Waals surface area contributed by atoms with Gasteiger partial charge in [-0.1, -0.05) is 6.07 Å².